The molecule has 0 bridgehead atoms. The average molecular weight is 364 g/mol. The van der Waals surface area contributed by atoms with Crippen LogP contribution in [0.25, 0.3) is 16.2 Å². The van der Waals surface area contributed by atoms with E-state index in [2.05, 4.69) is 38.1 Å². The molecule has 0 aliphatic rings. The van der Waals surface area contributed by atoms with Gasteiger partial charge in [-0.1, -0.05) is 70.4 Å². The minimum absolute atomic E-state index is 0.990. The summed E-state index contributed by atoms with van der Waals surface area (Å²) in [6.07, 6.45) is 8.15. The molecule has 3 rings (SSSR count). The fraction of sp³-hybridized carbons (Fsp3) is 0.375. The molecule has 0 radical (unpaired) electrons. The molecule has 3 nitrogen and oxygen atoms in total. The van der Waals surface area contributed by atoms with Crippen LogP contribution in [0.4, 0.5) is 0 Å². The van der Waals surface area contributed by atoms with Crippen LogP contribution in [0.1, 0.15) is 30.7 Å². The second kappa shape index (κ2) is 7.18. The average Bonchev–Trinajstić information content (AvgIpc) is 3.06. The van der Waals surface area contributed by atoms with Crippen LogP contribution < -0.4 is 0 Å². The molecule has 0 saturated carbocycles. The third kappa shape index (κ3) is 3.71. The van der Waals surface area contributed by atoms with Gasteiger partial charge in [0, 0.05) is 17.3 Å². The van der Waals surface area contributed by atoms with Gasteiger partial charge in [-0.25, -0.2) is 9.50 Å². The van der Waals surface area contributed by atoms with Crippen molar-refractivity contribution in [2.45, 2.75) is 32.1 Å². The van der Waals surface area contributed by atoms with Gasteiger partial charge in [-0.15, -0.1) is 0 Å². The summed E-state index contributed by atoms with van der Waals surface area (Å²) in [7, 11) is 0. The lowest BCUT2D eigenvalue weighted by Gasteiger charge is -1.96. The highest BCUT2D eigenvalue weighted by molar-refractivity contribution is 9.09. The minimum atomic E-state index is 0.990. The van der Waals surface area contributed by atoms with Crippen LogP contribution in [0.2, 0.25) is 0 Å². The first-order valence-electron chi connectivity index (χ1n) is 7.33. The predicted octanol–water partition coefficient (Wildman–Crippen LogP) is 4.96. The summed E-state index contributed by atoms with van der Waals surface area (Å²) < 4.78 is 1.92. The lowest BCUT2D eigenvalue weighted by molar-refractivity contribution is 0.665. The number of alkyl halides is 1. The highest BCUT2D eigenvalue weighted by Gasteiger charge is 2.09. The van der Waals surface area contributed by atoms with E-state index in [-0.39, 0.29) is 0 Å². The van der Waals surface area contributed by atoms with E-state index < -0.39 is 0 Å². The van der Waals surface area contributed by atoms with Gasteiger partial charge in [0.25, 0.3) is 0 Å². The monoisotopic (exact) mass is 363 g/mol. The lowest BCUT2D eigenvalue weighted by Crippen LogP contribution is -1.88. The van der Waals surface area contributed by atoms with E-state index in [0.29, 0.717) is 0 Å². The van der Waals surface area contributed by atoms with Crippen molar-refractivity contribution in [3.63, 3.8) is 0 Å². The van der Waals surface area contributed by atoms with Crippen LogP contribution in [-0.2, 0) is 6.42 Å². The maximum atomic E-state index is 4.67. The van der Waals surface area contributed by atoms with E-state index in [0.717, 1.165) is 28.0 Å². The molecule has 2 aromatic heterocycles. The van der Waals surface area contributed by atoms with Crippen molar-refractivity contribution in [3.05, 3.63) is 41.5 Å². The maximum Gasteiger partial charge on any atom is 0.212 e. The second-order valence-electron chi connectivity index (χ2n) is 5.07. The lowest BCUT2D eigenvalue weighted by atomic mass is 10.2. The Hall–Kier alpha value is -1.20. The third-order valence-corrected chi connectivity index (χ3v) is 4.97. The highest BCUT2D eigenvalue weighted by atomic mass is 79.9. The Bertz CT molecular complexity index is 658. The Morgan fingerprint density at radius 3 is 2.62 bits per heavy atom. The van der Waals surface area contributed by atoms with Crippen LogP contribution in [0.3, 0.4) is 0 Å². The van der Waals surface area contributed by atoms with Crippen molar-refractivity contribution in [2.75, 3.05) is 5.33 Å². The standard InChI is InChI=1S/C16H18BrN3S/c17-11-7-2-1-6-10-15-19-20-12-14(18-16(20)21-15)13-8-4-3-5-9-13/h3-5,8-9,12H,1-2,6-7,10-11H2. The number of imidazole rings is 1. The summed E-state index contributed by atoms with van der Waals surface area (Å²) in [5, 5.41) is 6.94. The molecule has 0 saturated heterocycles. The number of halogens is 1. The smallest absolute Gasteiger partial charge is 0.212 e. The van der Waals surface area contributed by atoms with Gasteiger partial charge in [-0.3, -0.25) is 0 Å². The number of nitrogens with zero attached hydrogens (tertiary/aromatic N) is 3. The second-order valence-corrected chi connectivity index (χ2v) is 6.90. The number of fused-ring (bicyclic) bond motifs is 1. The molecule has 0 spiro atoms. The summed E-state index contributed by atoms with van der Waals surface area (Å²) in [4.78, 5) is 5.66. The number of rotatable bonds is 7. The Morgan fingerprint density at radius 1 is 1.05 bits per heavy atom. The van der Waals surface area contributed by atoms with Gasteiger partial charge in [-0.05, 0) is 12.8 Å². The zero-order chi connectivity index (χ0) is 14.5. The van der Waals surface area contributed by atoms with E-state index in [9.17, 15) is 0 Å². The van der Waals surface area contributed by atoms with Gasteiger partial charge >= 0.3 is 0 Å². The molecule has 2 heterocycles. The molecule has 0 atom stereocenters. The van der Waals surface area contributed by atoms with Crippen LogP contribution in [0, 0.1) is 0 Å². The number of hydrogen-bond donors (Lipinski definition) is 0. The van der Waals surface area contributed by atoms with Crippen molar-refractivity contribution in [2.24, 2.45) is 0 Å². The molecule has 0 aliphatic heterocycles. The fourth-order valence-electron chi connectivity index (χ4n) is 2.31. The van der Waals surface area contributed by atoms with Crippen molar-refractivity contribution < 1.29 is 0 Å². The summed E-state index contributed by atoms with van der Waals surface area (Å²) in [5.41, 5.74) is 2.14. The first kappa shape index (κ1) is 14.7. The number of aryl methyl sites for hydroxylation is 1. The predicted molar refractivity (Wildman–Crippen MR) is 92.3 cm³/mol. The third-order valence-electron chi connectivity index (χ3n) is 3.43. The quantitative estimate of drug-likeness (QED) is 0.438. The van der Waals surface area contributed by atoms with Gasteiger partial charge in [0.05, 0.1) is 11.9 Å². The van der Waals surface area contributed by atoms with E-state index in [1.165, 1.54) is 30.7 Å². The van der Waals surface area contributed by atoms with Crippen LogP contribution in [0.5, 0.6) is 0 Å². The molecular formula is C16H18BrN3S. The molecular weight excluding hydrogens is 346 g/mol. The summed E-state index contributed by atoms with van der Waals surface area (Å²) in [6, 6.07) is 10.3. The van der Waals surface area contributed by atoms with Crippen LogP contribution >= 0.6 is 27.3 Å². The molecule has 21 heavy (non-hydrogen) atoms. The zero-order valence-electron chi connectivity index (χ0n) is 11.8. The van der Waals surface area contributed by atoms with Crippen molar-refractivity contribution >= 4 is 32.2 Å². The van der Waals surface area contributed by atoms with Crippen molar-refractivity contribution in [1.29, 1.82) is 0 Å². The molecule has 0 N–H and O–H groups in total. The minimum Gasteiger partial charge on any atom is -0.217 e. The molecule has 0 aliphatic carbocycles. The largest absolute Gasteiger partial charge is 0.217 e. The summed E-state index contributed by atoms with van der Waals surface area (Å²) in [6.45, 7) is 0. The van der Waals surface area contributed by atoms with Crippen LogP contribution in [-0.4, -0.2) is 19.9 Å². The van der Waals surface area contributed by atoms with Crippen molar-refractivity contribution in [3.8, 4) is 11.3 Å². The zero-order valence-corrected chi connectivity index (χ0v) is 14.2. The number of benzene rings is 1. The van der Waals surface area contributed by atoms with E-state index >= 15 is 0 Å². The SMILES string of the molecule is BrCCCCCCc1nn2cc(-c3ccccc3)nc2s1. The fourth-order valence-corrected chi connectivity index (χ4v) is 3.63. The number of unbranched alkanes of at least 4 members (excludes halogenated alkanes) is 3. The molecule has 0 unspecified atom stereocenters. The number of aromatic nitrogens is 3. The first-order chi connectivity index (χ1) is 10.4. The highest BCUT2D eigenvalue weighted by Crippen LogP contribution is 2.22. The van der Waals surface area contributed by atoms with Gasteiger partial charge in [0.15, 0.2) is 0 Å². The van der Waals surface area contributed by atoms with E-state index in [1.54, 1.807) is 11.3 Å². The number of hydrogen-bond acceptors (Lipinski definition) is 3. The van der Waals surface area contributed by atoms with E-state index in [4.69, 9.17) is 0 Å². The van der Waals surface area contributed by atoms with E-state index in [1.807, 2.05) is 28.9 Å². The van der Waals surface area contributed by atoms with Gasteiger partial charge in [0.1, 0.15) is 5.01 Å². The first-order valence-corrected chi connectivity index (χ1v) is 9.27. The molecule has 0 amide bonds. The maximum absolute atomic E-state index is 4.67. The van der Waals surface area contributed by atoms with Gasteiger partial charge < -0.3 is 0 Å². The topological polar surface area (TPSA) is 30.2 Å². The molecule has 0 fully saturated rings. The molecule has 110 valence electrons. The Kier molecular flexibility index (Phi) is 5.04. The molecule has 5 heteroatoms. The van der Waals surface area contributed by atoms with Crippen LogP contribution in [0.15, 0.2) is 36.5 Å². The normalized spacial score (nSPS) is 11.3. The van der Waals surface area contributed by atoms with Gasteiger partial charge in [0.2, 0.25) is 4.96 Å². The molecule has 1 aromatic carbocycles. The Balaban J connectivity index is 1.64. The van der Waals surface area contributed by atoms with Crippen molar-refractivity contribution in [1.82, 2.24) is 14.6 Å². The van der Waals surface area contributed by atoms with Gasteiger partial charge in [-0.2, -0.15) is 5.10 Å². The summed E-state index contributed by atoms with van der Waals surface area (Å²) >= 11 is 5.18. The summed E-state index contributed by atoms with van der Waals surface area (Å²) in [5.74, 6) is 0. The Labute approximate surface area is 137 Å². The molecule has 3 aromatic rings. The Morgan fingerprint density at radius 2 is 1.86 bits per heavy atom.